The molecule has 0 bridgehead atoms. The van der Waals surface area contributed by atoms with Gasteiger partial charge in [-0.3, -0.25) is 9.59 Å². The quantitative estimate of drug-likeness (QED) is 0.803. The molecule has 2 rings (SSSR count). The molecular weight excluding hydrogens is 304 g/mol. The summed E-state index contributed by atoms with van der Waals surface area (Å²) < 4.78 is 31.9. The van der Waals surface area contributed by atoms with Crippen molar-refractivity contribution in [1.29, 1.82) is 0 Å². The van der Waals surface area contributed by atoms with Crippen LogP contribution in [0.3, 0.4) is 0 Å². The van der Waals surface area contributed by atoms with Crippen molar-refractivity contribution < 1.29 is 23.1 Å². The molecule has 23 heavy (non-hydrogen) atoms. The van der Waals surface area contributed by atoms with Gasteiger partial charge in [-0.25, -0.2) is 8.78 Å². The third-order valence-electron chi connectivity index (χ3n) is 4.66. The van der Waals surface area contributed by atoms with E-state index >= 15 is 0 Å². The summed E-state index contributed by atoms with van der Waals surface area (Å²) in [6.07, 6.45) is 1.05. The molecule has 1 aliphatic heterocycles. The van der Waals surface area contributed by atoms with Crippen LogP contribution in [0.1, 0.15) is 39.2 Å². The van der Waals surface area contributed by atoms with Crippen molar-refractivity contribution >= 4 is 11.9 Å². The number of rotatable bonds is 3. The van der Waals surface area contributed by atoms with Crippen LogP contribution in [-0.4, -0.2) is 30.4 Å². The normalized spacial score (nSPS) is 23.7. The molecule has 0 N–H and O–H groups in total. The maximum absolute atomic E-state index is 13.6. The number of hydrogen-bond donors (Lipinski definition) is 0. The highest BCUT2D eigenvalue weighted by molar-refractivity contribution is 5.87. The minimum Gasteiger partial charge on any atom is -0.468 e. The second kappa shape index (κ2) is 5.91. The lowest BCUT2D eigenvalue weighted by Crippen LogP contribution is -2.58. The summed E-state index contributed by atoms with van der Waals surface area (Å²) in [5.41, 5.74) is -1.27. The number of halogens is 2. The van der Waals surface area contributed by atoms with Gasteiger partial charge in [0.1, 0.15) is 18.2 Å². The first kappa shape index (κ1) is 17.4. The molecule has 0 saturated carbocycles. The standard InChI is InChI=1S/C17H21F2NO3/c1-16(2)5-6-17(3,11-7-12(18)9-13(19)8-11)20(15(16)22)10-14(21)23-4/h7-9H,5-6,10H2,1-4H3/t17-/m0/s1. The second-order valence-electron chi connectivity index (χ2n) is 6.78. The van der Waals surface area contributed by atoms with Crippen LogP contribution in [0.15, 0.2) is 18.2 Å². The van der Waals surface area contributed by atoms with Crippen LogP contribution < -0.4 is 0 Å². The molecule has 1 fully saturated rings. The van der Waals surface area contributed by atoms with E-state index in [1.165, 1.54) is 24.1 Å². The Hall–Kier alpha value is -1.98. The second-order valence-corrected chi connectivity index (χ2v) is 6.78. The van der Waals surface area contributed by atoms with Gasteiger partial charge < -0.3 is 9.64 Å². The van der Waals surface area contributed by atoms with E-state index in [0.717, 1.165) is 6.07 Å². The van der Waals surface area contributed by atoms with E-state index < -0.39 is 28.6 Å². The number of piperidine rings is 1. The number of nitrogens with zero attached hydrogens (tertiary/aromatic N) is 1. The lowest BCUT2D eigenvalue weighted by Gasteiger charge is -2.49. The minimum atomic E-state index is -0.969. The first-order valence-corrected chi connectivity index (χ1v) is 7.45. The Kier molecular flexibility index (Phi) is 4.46. The van der Waals surface area contributed by atoms with Crippen LogP contribution in [0.25, 0.3) is 0 Å². The number of benzene rings is 1. The molecule has 0 spiro atoms. The van der Waals surface area contributed by atoms with Crippen LogP contribution in [-0.2, 0) is 19.9 Å². The average molecular weight is 325 g/mol. The van der Waals surface area contributed by atoms with Crippen molar-refractivity contribution in [3.63, 3.8) is 0 Å². The Bertz CT molecular complexity index is 624. The van der Waals surface area contributed by atoms with Crippen molar-refractivity contribution in [2.45, 2.75) is 39.2 Å². The van der Waals surface area contributed by atoms with Gasteiger partial charge in [-0.05, 0) is 37.5 Å². The van der Waals surface area contributed by atoms with Gasteiger partial charge in [0, 0.05) is 11.5 Å². The monoisotopic (exact) mass is 325 g/mol. The Labute approximate surface area is 134 Å². The molecule has 1 aromatic rings. The minimum absolute atomic E-state index is 0.235. The van der Waals surface area contributed by atoms with Crippen molar-refractivity contribution in [3.05, 3.63) is 35.4 Å². The topological polar surface area (TPSA) is 46.6 Å². The van der Waals surface area contributed by atoms with Gasteiger partial charge in [0.15, 0.2) is 0 Å². The molecule has 0 unspecified atom stereocenters. The van der Waals surface area contributed by atoms with Gasteiger partial charge in [-0.15, -0.1) is 0 Å². The van der Waals surface area contributed by atoms with Crippen molar-refractivity contribution in [3.8, 4) is 0 Å². The number of methoxy groups -OCH3 is 1. The Morgan fingerprint density at radius 3 is 2.26 bits per heavy atom. The van der Waals surface area contributed by atoms with E-state index in [1.807, 2.05) is 0 Å². The van der Waals surface area contributed by atoms with E-state index in [4.69, 9.17) is 0 Å². The van der Waals surface area contributed by atoms with Crippen LogP contribution >= 0.6 is 0 Å². The van der Waals surface area contributed by atoms with Crippen molar-refractivity contribution in [1.82, 2.24) is 4.90 Å². The molecule has 0 radical (unpaired) electrons. The highest BCUT2D eigenvalue weighted by atomic mass is 19.1. The fourth-order valence-corrected chi connectivity index (χ4v) is 2.99. The first-order valence-electron chi connectivity index (χ1n) is 7.45. The summed E-state index contributed by atoms with van der Waals surface area (Å²) in [5, 5.41) is 0. The van der Waals surface area contributed by atoms with Crippen molar-refractivity contribution in [2.24, 2.45) is 5.41 Å². The fraction of sp³-hybridized carbons (Fsp3) is 0.529. The van der Waals surface area contributed by atoms with Crippen LogP contribution in [0, 0.1) is 17.0 Å². The van der Waals surface area contributed by atoms with Crippen LogP contribution in [0.4, 0.5) is 8.78 Å². The lowest BCUT2D eigenvalue weighted by atomic mass is 9.72. The molecule has 1 aromatic carbocycles. The van der Waals surface area contributed by atoms with E-state index in [9.17, 15) is 18.4 Å². The number of hydrogen-bond acceptors (Lipinski definition) is 3. The third kappa shape index (κ3) is 3.21. The number of esters is 1. The van der Waals surface area contributed by atoms with Crippen LogP contribution in [0.5, 0.6) is 0 Å². The molecule has 0 aromatic heterocycles. The van der Waals surface area contributed by atoms with Crippen molar-refractivity contribution in [2.75, 3.05) is 13.7 Å². The number of carbonyl (C=O) groups excluding carboxylic acids is 2. The molecule has 126 valence electrons. The number of ether oxygens (including phenoxy) is 1. The molecule has 4 nitrogen and oxygen atoms in total. The smallest absolute Gasteiger partial charge is 0.325 e. The zero-order valence-corrected chi connectivity index (χ0v) is 13.8. The molecule has 0 aliphatic carbocycles. The zero-order chi connectivity index (χ0) is 17.4. The largest absolute Gasteiger partial charge is 0.468 e. The lowest BCUT2D eigenvalue weighted by molar-refractivity contribution is -0.162. The highest BCUT2D eigenvalue weighted by Crippen LogP contribution is 2.44. The van der Waals surface area contributed by atoms with E-state index in [2.05, 4.69) is 4.74 Å². The molecule has 1 atom stereocenters. The van der Waals surface area contributed by atoms with E-state index in [1.54, 1.807) is 20.8 Å². The summed E-state index contributed by atoms with van der Waals surface area (Å²) in [6.45, 7) is 5.06. The molecule has 1 aliphatic rings. The summed E-state index contributed by atoms with van der Waals surface area (Å²) in [6, 6.07) is 3.20. The summed E-state index contributed by atoms with van der Waals surface area (Å²) in [4.78, 5) is 25.9. The van der Waals surface area contributed by atoms with Gasteiger partial charge in [0.2, 0.25) is 5.91 Å². The Balaban J connectivity index is 2.51. The first-order chi connectivity index (χ1) is 10.6. The van der Waals surface area contributed by atoms with Gasteiger partial charge in [0.25, 0.3) is 0 Å². The van der Waals surface area contributed by atoms with Crippen LogP contribution in [0.2, 0.25) is 0 Å². The fourth-order valence-electron chi connectivity index (χ4n) is 2.99. The number of amides is 1. The zero-order valence-electron chi connectivity index (χ0n) is 13.8. The predicted octanol–water partition coefficient (Wildman–Crippen LogP) is 3.00. The molecule has 1 amide bonds. The summed E-state index contributed by atoms with van der Waals surface area (Å²) in [5.74, 6) is -2.23. The number of carbonyl (C=O) groups is 2. The van der Waals surface area contributed by atoms with E-state index in [0.29, 0.717) is 18.4 Å². The van der Waals surface area contributed by atoms with Gasteiger partial charge in [-0.1, -0.05) is 13.8 Å². The molecule has 1 saturated heterocycles. The maximum atomic E-state index is 13.6. The van der Waals surface area contributed by atoms with Gasteiger partial charge in [0.05, 0.1) is 12.6 Å². The van der Waals surface area contributed by atoms with Gasteiger partial charge in [-0.2, -0.15) is 0 Å². The summed E-state index contributed by atoms with van der Waals surface area (Å²) in [7, 11) is 1.24. The van der Waals surface area contributed by atoms with Gasteiger partial charge >= 0.3 is 5.97 Å². The van der Waals surface area contributed by atoms with E-state index in [-0.39, 0.29) is 12.5 Å². The number of likely N-dealkylation sites (tertiary alicyclic amines) is 1. The molecule has 1 heterocycles. The molecular formula is C17H21F2NO3. The Morgan fingerprint density at radius 2 is 1.74 bits per heavy atom. The Morgan fingerprint density at radius 1 is 1.17 bits per heavy atom. The third-order valence-corrected chi connectivity index (χ3v) is 4.66. The SMILES string of the molecule is COC(=O)CN1C(=O)C(C)(C)CC[C@@]1(C)c1cc(F)cc(F)c1. The molecule has 6 heteroatoms. The summed E-state index contributed by atoms with van der Waals surface area (Å²) >= 11 is 0. The average Bonchev–Trinajstić information content (AvgIpc) is 2.47. The maximum Gasteiger partial charge on any atom is 0.325 e. The predicted molar refractivity (Wildman–Crippen MR) is 80.5 cm³/mol. The highest BCUT2D eigenvalue weighted by Gasteiger charge is 2.48.